The van der Waals surface area contributed by atoms with Crippen LogP contribution in [0.2, 0.25) is 0 Å². The van der Waals surface area contributed by atoms with E-state index < -0.39 is 10.0 Å². The zero-order chi connectivity index (χ0) is 13.7. The van der Waals surface area contributed by atoms with Crippen LogP contribution < -0.4 is 9.88 Å². The van der Waals surface area contributed by atoms with Crippen molar-refractivity contribution in [2.24, 2.45) is 5.14 Å². The molecule has 2 N–H and O–H groups in total. The van der Waals surface area contributed by atoms with Crippen LogP contribution in [0.25, 0.3) is 0 Å². The Balaban J connectivity index is 2.05. The fourth-order valence-corrected chi connectivity index (χ4v) is 2.59. The molecule has 100 valence electrons. The third kappa shape index (κ3) is 3.81. The number of benzene rings is 2. The van der Waals surface area contributed by atoms with Crippen molar-refractivity contribution in [3.8, 4) is 5.75 Å². The minimum absolute atomic E-state index is 0.159. The molecule has 0 unspecified atom stereocenters. The van der Waals surface area contributed by atoms with Crippen LogP contribution in [0, 0.1) is 0 Å². The van der Waals surface area contributed by atoms with E-state index in [2.05, 4.69) is 0 Å². The van der Waals surface area contributed by atoms with Gasteiger partial charge in [0.15, 0.2) is 0 Å². The number of hydrogen-bond donors (Lipinski definition) is 1. The van der Waals surface area contributed by atoms with Crippen molar-refractivity contribution < 1.29 is 13.2 Å². The minimum atomic E-state index is -3.68. The summed E-state index contributed by atoms with van der Waals surface area (Å²) in [7, 11) is -3.68. The molecule has 4 nitrogen and oxygen atoms in total. The second-order valence-electron chi connectivity index (χ2n) is 4.06. The molecular formula is C14H15NO3S. The maximum absolute atomic E-state index is 11.4. The summed E-state index contributed by atoms with van der Waals surface area (Å²) in [6.07, 6.45) is 0.488. The van der Waals surface area contributed by atoms with Crippen molar-refractivity contribution in [3.05, 3.63) is 60.2 Å². The number of sulfonamides is 1. The van der Waals surface area contributed by atoms with E-state index in [9.17, 15) is 8.42 Å². The van der Waals surface area contributed by atoms with Crippen LogP contribution in [0.5, 0.6) is 5.75 Å². The van der Waals surface area contributed by atoms with Crippen LogP contribution in [0.4, 0.5) is 0 Å². The Morgan fingerprint density at radius 1 is 0.947 bits per heavy atom. The topological polar surface area (TPSA) is 69.4 Å². The molecular weight excluding hydrogens is 262 g/mol. The predicted octanol–water partition coefficient (Wildman–Crippen LogP) is 1.96. The molecule has 0 radical (unpaired) electrons. The highest BCUT2D eigenvalue weighted by molar-refractivity contribution is 7.89. The second-order valence-corrected chi connectivity index (χ2v) is 5.59. The maximum Gasteiger partial charge on any atom is 0.238 e. The molecule has 0 aliphatic carbocycles. The minimum Gasteiger partial charge on any atom is -0.493 e. The lowest BCUT2D eigenvalue weighted by Crippen LogP contribution is -2.15. The third-order valence-corrected chi connectivity index (χ3v) is 3.67. The van der Waals surface area contributed by atoms with Gasteiger partial charge in [0.25, 0.3) is 0 Å². The average molecular weight is 277 g/mol. The van der Waals surface area contributed by atoms with Crippen LogP contribution in [0.15, 0.2) is 59.5 Å². The highest BCUT2D eigenvalue weighted by Crippen LogP contribution is 2.15. The standard InChI is InChI=1S/C14H15NO3S/c15-19(16,17)14-9-5-4-6-12(14)10-11-18-13-7-2-1-3-8-13/h1-9H,10-11H2,(H2,15,16,17). The summed E-state index contributed by atoms with van der Waals surface area (Å²) >= 11 is 0. The molecule has 0 saturated carbocycles. The third-order valence-electron chi connectivity index (χ3n) is 2.66. The van der Waals surface area contributed by atoms with E-state index in [0.29, 0.717) is 18.6 Å². The lowest BCUT2D eigenvalue weighted by molar-refractivity contribution is 0.321. The molecule has 0 aliphatic rings. The van der Waals surface area contributed by atoms with E-state index >= 15 is 0 Å². The summed E-state index contributed by atoms with van der Waals surface area (Å²) in [5, 5.41) is 5.17. The van der Waals surface area contributed by atoms with Gasteiger partial charge in [0.05, 0.1) is 11.5 Å². The molecule has 0 bridgehead atoms. The van der Waals surface area contributed by atoms with Gasteiger partial charge in [-0.15, -0.1) is 0 Å². The molecule has 0 heterocycles. The summed E-state index contributed by atoms with van der Waals surface area (Å²) < 4.78 is 28.4. The van der Waals surface area contributed by atoms with Gasteiger partial charge in [0.1, 0.15) is 5.75 Å². The number of rotatable bonds is 5. The average Bonchev–Trinajstić information content (AvgIpc) is 2.39. The summed E-state index contributed by atoms with van der Waals surface area (Å²) in [6, 6.07) is 16.1. The van der Waals surface area contributed by atoms with Gasteiger partial charge in [-0.3, -0.25) is 0 Å². The van der Waals surface area contributed by atoms with Crippen molar-refractivity contribution in [2.45, 2.75) is 11.3 Å². The van der Waals surface area contributed by atoms with Crippen molar-refractivity contribution in [1.29, 1.82) is 0 Å². The predicted molar refractivity (Wildman–Crippen MR) is 73.5 cm³/mol. The molecule has 0 spiro atoms. The normalized spacial score (nSPS) is 11.2. The van der Waals surface area contributed by atoms with Crippen molar-refractivity contribution in [1.82, 2.24) is 0 Å². The summed E-state index contributed by atoms with van der Waals surface area (Å²) in [6.45, 7) is 0.399. The van der Waals surface area contributed by atoms with Gasteiger partial charge >= 0.3 is 0 Å². The van der Waals surface area contributed by atoms with Crippen LogP contribution in [-0.4, -0.2) is 15.0 Å². The Morgan fingerprint density at radius 2 is 1.58 bits per heavy atom. The largest absolute Gasteiger partial charge is 0.493 e. The first kappa shape index (κ1) is 13.6. The fourth-order valence-electron chi connectivity index (χ4n) is 1.78. The van der Waals surface area contributed by atoms with E-state index in [0.717, 1.165) is 5.75 Å². The molecule has 0 atom stereocenters. The van der Waals surface area contributed by atoms with Crippen LogP contribution in [-0.2, 0) is 16.4 Å². The number of primary sulfonamides is 1. The van der Waals surface area contributed by atoms with Gasteiger partial charge in [-0.1, -0.05) is 36.4 Å². The molecule has 2 aromatic rings. The molecule has 0 amide bonds. The number of hydrogen-bond acceptors (Lipinski definition) is 3. The molecule has 0 aliphatic heterocycles. The van der Waals surface area contributed by atoms with Gasteiger partial charge in [-0.25, -0.2) is 13.6 Å². The first-order valence-electron chi connectivity index (χ1n) is 5.86. The number of para-hydroxylation sites is 1. The summed E-state index contributed by atoms with van der Waals surface area (Å²) in [4.78, 5) is 0.159. The monoisotopic (exact) mass is 277 g/mol. The maximum atomic E-state index is 11.4. The first-order chi connectivity index (χ1) is 9.07. The Hall–Kier alpha value is -1.85. The van der Waals surface area contributed by atoms with Crippen molar-refractivity contribution in [2.75, 3.05) is 6.61 Å². The molecule has 5 heteroatoms. The fraction of sp³-hybridized carbons (Fsp3) is 0.143. The number of nitrogens with two attached hydrogens (primary N) is 1. The molecule has 0 aromatic heterocycles. The van der Waals surface area contributed by atoms with Gasteiger partial charge in [-0.05, 0) is 23.8 Å². The van der Waals surface area contributed by atoms with Crippen LogP contribution in [0.3, 0.4) is 0 Å². The molecule has 19 heavy (non-hydrogen) atoms. The van der Waals surface area contributed by atoms with E-state index in [1.54, 1.807) is 18.2 Å². The smallest absolute Gasteiger partial charge is 0.238 e. The van der Waals surface area contributed by atoms with Gasteiger partial charge in [0.2, 0.25) is 10.0 Å². The summed E-state index contributed by atoms with van der Waals surface area (Å²) in [5.41, 5.74) is 0.668. The van der Waals surface area contributed by atoms with Gasteiger partial charge < -0.3 is 4.74 Å². The van der Waals surface area contributed by atoms with Gasteiger partial charge in [0, 0.05) is 6.42 Å². The Labute approximate surface area is 112 Å². The molecule has 2 rings (SSSR count). The lowest BCUT2D eigenvalue weighted by Gasteiger charge is -2.09. The van der Waals surface area contributed by atoms with E-state index in [1.807, 2.05) is 30.3 Å². The highest BCUT2D eigenvalue weighted by atomic mass is 32.2. The summed E-state index contributed by atoms with van der Waals surface area (Å²) in [5.74, 6) is 0.760. The van der Waals surface area contributed by atoms with E-state index in [-0.39, 0.29) is 4.90 Å². The van der Waals surface area contributed by atoms with Gasteiger partial charge in [-0.2, -0.15) is 0 Å². The zero-order valence-corrected chi connectivity index (χ0v) is 11.1. The highest BCUT2D eigenvalue weighted by Gasteiger charge is 2.12. The van der Waals surface area contributed by atoms with E-state index in [1.165, 1.54) is 6.07 Å². The van der Waals surface area contributed by atoms with Crippen LogP contribution >= 0.6 is 0 Å². The first-order valence-corrected chi connectivity index (χ1v) is 7.40. The molecule has 0 fully saturated rings. The number of ether oxygens (including phenoxy) is 1. The van der Waals surface area contributed by atoms with E-state index in [4.69, 9.17) is 9.88 Å². The Bertz CT molecular complexity index is 639. The SMILES string of the molecule is NS(=O)(=O)c1ccccc1CCOc1ccccc1. The van der Waals surface area contributed by atoms with Crippen molar-refractivity contribution >= 4 is 10.0 Å². The van der Waals surface area contributed by atoms with Crippen molar-refractivity contribution in [3.63, 3.8) is 0 Å². The lowest BCUT2D eigenvalue weighted by atomic mass is 10.2. The molecule has 0 saturated heterocycles. The quantitative estimate of drug-likeness (QED) is 0.908. The Morgan fingerprint density at radius 3 is 2.26 bits per heavy atom. The Kier molecular flexibility index (Phi) is 4.19. The second kappa shape index (κ2) is 5.86. The zero-order valence-electron chi connectivity index (χ0n) is 10.3. The van der Waals surface area contributed by atoms with Crippen LogP contribution in [0.1, 0.15) is 5.56 Å². The molecule has 2 aromatic carbocycles.